The van der Waals surface area contributed by atoms with Crippen molar-refractivity contribution in [1.29, 1.82) is 0 Å². The van der Waals surface area contributed by atoms with Gasteiger partial charge in [-0.1, -0.05) is 31.4 Å². The molecule has 0 aromatic heterocycles. The second-order valence-electron chi connectivity index (χ2n) is 8.98. The molecule has 8 heteroatoms. The Morgan fingerprint density at radius 1 is 1.19 bits per heavy atom. The Balaban J connectivity index is 1.58. The summed E-state index contributed by atoms with van der Waals surface area (Å²) < 4.78 is 0. The van der Waals surface area contributed by atoms with E-state index in [0.717, 1.165) is 48.1 Å². The van der Waals surface area contributed by atoms with E-state index in [4.69, 9.17) is 0 Å². The van der Waals surface area contributed by atoms with Crippen LogP contribution in [0.4, 0.5) is 10.5 Å². The Morgan fingerprint density at radius 2 is 1.87 bits per heavy atom. The van der Waals surface area contributed by atoms with Crippen molar-refractivity contribution in [3.63, 3.8) is 0 Å². The van der Waals surface area contributed by atoms with Gasteiger partial charge in [0.15, 0.2) is 0 Å². The predicted molar refractivity (Wildman–Crippen MR) is 117 cm³/mol. The standard InChI is InChI=1S/C23H32N4O4/c1-15-10-11-16(2)18(12-15)24-19(28)13-26(4)20(29)14-27-21(30)23(3,25-22(27)31)17-8-6-5-7-9-17/h10-12,17H,5-9,13-14H2,1-4H3,(H,24,28)(H,25,31)/t23-/m1/s1. The summed E-state index contributed by atoms with van der Waals surface area (Å²) in [6.45, 7) is 5.04. The van der Waals surface area contributed by atoms with E-state index < -0.39 is 17.5 Å². The Labute approximate surface area is 183 Å². The van der Waals surface area contributed by atoms with Crippen molar-refractivity contribution in [2.24, 2.45) is 5.92 Å². The number of carbonyl (C=O) groups excluding carboxylic acids is 4. The van der Waals surface area contributed by atoms with Crippen molar-refractivity contribution in [3.05, 3.63) is 29.3 Å². The number of nitrogens with zero attached hydrogens (tertiary/aromatic N) is 2. The quantitative estimate of drug-likeness (QED) is 0.681. The highest BCUT2D eigenvalue weighted by Gasteiger charge is 2.52. The molecule has 0 radical (unpaired) electrons. The molecule has 2 aliphatic rings. The number of hydrogen-bond acceptors (Lipinski definition) is 4. The van der Waals surface area contributed by atoms with Gasteiger partial charge in [-0.25, -0.2) is 4.79 Å². The zero-order valence-electron chi connectivity index (χ0n) is 18.8. The summed E-state index contributed by atoms with van der Waals surface area (Å²) in [6.07, 6.45) is 5.01. The summed E-state index contributed by atoms with van der Waals surface area (Å²) in [5.74, 6) is -1.08. The van der Waals surface area contributed by atoms with Crippen molar-refractivity contribution >= 4 is 29.4 Å². The van der Waals surface area contributed by atoms with Crippen molar-refractivity contribution < 1.29 is 19.2 Å². The first-order valence-corrected chi connectivity index (χ1v) is 10.9. The van der Waals surface area contributed by atoms with Gasteiger partial charge in [0.2, 0.25) is 11.8 Å². The third kappa shape index (κ3) is 4.89. The molecule has 1 saturated carbocycles. The van der Waals surface area contributed by atoms with Gasteiger partial charge in [0.05, 0.1) is 6.54 Å². The first-order valence-electron chi connectivity index (χ1n) is 10.9. The average molecular weight is 429 g/mol. The zero-order chi connectivity index (χ0) is 22.8. The SMILES string of the molecule is Cc1ccc(C)c(NC(=O)CN(C)C(=O)CN2C(=O)N[C@](C)(C3CCCCC3)C2=O)c1. The fourth-order valence-corrected chi connectivity index (χ4v) is 4.44. The number of urea groups is 1. The Kier molecular flexibility index (Phi) is 6.67. The van der Waals surface area contributed by atoms with Gasteiger partial charge >= 0.3 is 6.03 Å². The number of carbonyl (C=O) groups is 4. The lowest BCUT2D eigenvalue weighted by molar-refractivity contribution is -0.140. The molecule has 1 heterocycles. The molecule has 31 heavy (non-hydrogen) atoms. The second-order valence-corrected chi connectivity index (χ2v) is 8.98. The topological polar surface area (TPSA) is 98.8 Å². The lowest BCUT2D eigenvalue weighted by atomic mass is 9.75. The maximum absolute atomic E-state index is 13.0. The zero-order valence-corrected chi connectivity index (χ0v) is 18.8. The van der Waals surface area contributed by atoms with Crippen LogP contribution in [0.5, 0.6) is 0 Å². The van der Waals surface area contributed by atoms with E-state index in [1.165, 1.54) is 11.9 Å². The summed E-state index contributed by atoms with van der Waals surface area (Å²) in [7, 11) is 1.49. The molecule has 168 valence electrons. The van der Waals surface area contributed by atoms with Gasteiger partial charge in [-0.3, -0.25) is 19.3 Å². The molecule has 2 fully saturated rings. The molecule has 1 aliphatic carbocycles. The molecule has 8 nitrogen and oxygen atoms in total. The normalized spacial score (nSPS) is 21.7. The molecule has 1 saturated heterocycles. The Bertz CT molecular complexity index is 894. The smallest absolute Gasteiger partial charge is 0.325 e. The molecular formula is C23H32N4O4. The van der Waals surface area contributed by atoms with Crippen LogP contribution in [0, 0.1) is 19.8 Å². The average Bonchev–Trinajstić information content (AvgIpc) is 2.95. The number of benzene rings is 1. The van der Waals surface area contributed by atoms with Gasteiger partial charge in [-0.05, 0) is 56.7 Å². The van der Waals surface area contributed by atoms with E-state index in [-0.39, 0.29) is 30.8 Å². The number of hydrogen-bond donors (Lipinski definition) is 2. The lowest BCUT2D eigenvalue weighted by Crippen LogP contribution is -2.51. The van der Waals surface area contributed by atoms with Crippen molar-refractivity contribution in [2.75, 3.05) is 25.5 Å². The summed E-state index contributed by atoms with van der Waals surface area (Å²) in [4.78, 5) is 52.8. The number of aryl methyl sites for hydroxylation is 2. The Morgan fingerprint density at radius 3 is 2.55 bits per heavy atom. The van der Waals surface area contributed by atoms with E-state index in [1.54, 1.807) is 6.92 Å². The Hall–Kier alpha value is -2.90. The van der Waals surface area contributed by atoms with Gasteiger partial charge in [-0.15, -0.1) is 0 Å². The van der Waals surface area contributed by atoms with Crippen LogP contribution in [-0.4, -0.2) is 59.2 Å². The van der Waals surface area contributed by atoms with Gasteiger partial charge in [0, 0.05) is 12.7 Å². The first-order chi connectivity index (χ1) is 14.6. The molecule has 1 aromatic carbocycles. The van der Waals surface area contributed by atoms with E-state index in [2.05, 4.69) is 10.6 Å². The van der Waals surface area contributed by atoms with Crippen LogP contribution in [0.3, 0.4) is 0 Å². The lowest BCUT2D eigenvalue weighted by Gasteiger charge is -2.34. The molecule has 5 amide bonds. The highest BCUT2D eigenvalue weighted by molar-refractivity contribution is 6.09. The monoisotopic (exact) mass is 428 g/mol. The van der Waals surface area contributed by atoms with E-state index in [9.17, 15) is 19.2 Å². The molecule has 0 spiro atoms. The number of amides is 5. The van der Waals surface area contributed by atoms with Crippen molar-refractivity contribution in [1.82, 2.24) is 15.1 Å². The van der Waals surface area contributed by atoms with Crippen LogP contribution in [-0.2, 0) is 14.4 Å². The van der Waals surface area contributed by atoms with Crippen LogP contribution < -0.4 is 10.6 Å². The highest BCUT2D eigenvalue weighted by Crippen LogP contribution is 2.36. The number of rotatable bonds is 6. The van der Waals surface area contributed by atoms with Gasteiger partial charge < -0.3 is 15.5 Å². The minimum absolute atomic E-state index is 0.0823. The van der Waals surface area contributed by atoms with Crippen molar-refractivity contribution in [3.8, 4) is 0 Å². The molecule has 1 aliphatic heterocycles. The summed E-state index contributed by atoms with van der Waals surface area (Å²) in [6, 6.07) is 5.20. The van der Waals surface area contributed by atoms with Crippen LogP contribution in [0.1, 0.15) is 50.2 Å². The molecule has 1 atom stereocenters. The van der Waals surface area contributed by atoms with Gasteiger partial charge in [-0.2, -0.15) is 0 Å². The van der Waals surface area contributed by atoms with E-state index in [1.807, 2.05) is 32.0 Å². The fraction of sp³-hybridized carbons (Fsp3) is 0.565. The van der Waals surface area contributed by atoms with Crippen LogP contribution in [0.25, 0.3) is 0 Å². The largest absolute Gasteiger partial charge is 0.335 e. The third-order valence-electron chi connectivity index (χ3n) is 6.49. The second kappa shape index (κ2) is 9.08. The molecule has 3 rings (SSSR count). The minimum Gasteiger partial charge on any atom is -0.335 e. The maximum atomic E-state index is 13.0. The van der Waals surface area contributed by atoms with E-state index in [0.29, 0.717) is 5.69 Å². The first kappa shape index (κ1) is 22.8. The summed E-state index contributed by atoms with van der Waals surface area (Å²) in [5, 5.41) is 5.63. The number of imide groups is 1. The molecule has 0 bridgehead atoms. The molecule has 2 N–H and O–H groups in total. The number of anilines is 1. The minimum atomic E-state index is -0.962. The van der Waals surface area contributed by atoms with Crippen LogP contribution >= 0.6 is 0 Å². The predicted octanol–water partition coefficient (Wildman–Crippen LogP) is 2.59. The number of nitrogens with one attached hydrogen (secondary N) is 2. The molecule has 1 aromatic rings. The molecule has 0 unspecified atom stereocenters. The van der Waals surface area contributed by atoms with Crippen molar-refractivity contribution in [2.45, 2.75) is 58.4 Å². The fourth-order valence-electron chi connectivity index (χ4n) is 4.44. The summed E-state index contributed by atoms with van der Waals surface area (Å²) >= 11 is 0. The van der Waals surface area contributed by atoms with Crippen LogP contribution in [0.2, 0.25) is 0 Å². The highest BCUT2D eigenvalue weighted by atomic mass is 16.2. The third-order valence-corrected chi connectivity index (χ3v) is 6.49. The molecular weight excluding hydrogens is 396 g/mol. The van der Waals surface area contributed by atoms with Gasteiger partial charge in [0.25, 0.3) is 5.91 Å². The van der Waals surface area contributed by atoms with Gasteiger partial charge in [0.1, 0.15) is 12.1 Å². The van der Waals surface area contributed by atoms with Crippen LogP contribution in [0.15, 0.2) is 18.2 Å². The van der Waals surface area contributed by atoms with E-state index >= 15 is 0 Å². The number of likely N-dealkylation sites (N-methyl/N-ethyl adjacent to an activating group) is 1. The summed E-state index contributed by atoms with van der Waals surface area (Å²) in [5.41, 5.74) is 1.68. The maximum Gasteiger partial charge on any atom is 0.325 e.